The fourth-order valence-electron chi connectivity index (χ4n) is 0.289. The maximum atomic E-state index is 9.94. The average Bonchev–Trinajstić information content (AvgIpc) is 2.04. The van der Waals surface area contributed by atoms with Crippen LogP contribution in [0.15, 0.2) is 16.8 Å². The van der Waals surface area contributed by atoms with Gasteiger partial charge in [-0.1, -0.05) is 0 Å². The van der Waals surface area contributed by atoms with Crippen LogP contribution in [0.25, 0.3) is 0 Å². The molecule has 0 atom stereocenters. The Morgan fingerprint density at radius 2 is 2.27 bits per heavy atom. The molecule has 4 nitrogen and oxygen atoms in total. The first-order chi connectivity index (χ1) is 5.22. The molecular formula is C7H9NO3. The van der Waals surface area contributed by atoms with Crippen LogP contribution in [0.3, 0.4) is 0 Å². The van der Waals surface area contributed by atoms with E-state index in [4.69, 9.17) is 4.79 Å². The van der Waals surface area contributed by atoms with Gasteiger partial charge in [0.15, 0.2) is 0 Å². The van der Waals surface area contributed by atoms with Gasteiger partial charge in [-0.15, -0.1) is 0 Å². The second-order valence-electron chi connectivity index (χ2n) is 1.77. The van der Waals surface area contributed by atoms with Crippen LogP contribution in [-0.4, -0.2) is 18.6 Å². The Hall–Kier alpha value is -1.41. The Morgan fingerprint density at radius 1 is 1.73 bits per heavy atom. The van der Waals surface area contributed by atoms with Gasteiger partial charge in [0, 0.05) is 6.54 Å². The molecule has 0 radical (unpaired) electrons. The molecule has 0 fully saturated rings. The number of rotatable bonds is 1. The van der Waals surface area contributed by atoms with E-state index in [2.05, 4.69) is 9.73 Å². The van der Waals surface area contributed by atoms with Crippen LogP contribution in [0, 0.1) is 0 Å². The number of hydrogen-bond acceptors (Lipinski definition) is 4. The maximum Gasteiger partial charge on any atom is 0.341 e. The highest BCUT2D eigenvalue weighted by atomic mass is 16.5. The third-order valence-electron chi connectivity index (χ3n) is 0.887. The highest BCUT2D eigenvalue weighted by Gasteiger charge is 2.12. The van der Waals surface area contributed by atoms with Crippen molar-refractivity contribution in [3.8, 4) is 0 Å². The van der Waals surface area contributed by atoms with Crippen LogP contribution in [0.2, 0.25) is 0 Å². The monoisotopic (exact) mass is 155 g/mol. The number of aliphatic imine (C=N–C) groups is 1. The molecule has 60 valence electrons. The quantitative estimate of drug-likeness (QED) is 0.319. The van der Waals surface area contributed by atoms with E-state index in [1.807, 2.05) is 0 Å². The molecule has 1 aliphatic heterocycles. The Balaban J connectivity index is 0.000000187. The minimum atomic E-state index is -0.199. The van der Waals surface area contributed by atoms with Gasteiger partial charge in [0.1, 0.15) is 6.26 Å². The zero-order valence-electron chi connectivity index (χ0n) is 6.46. The number of ether oxygens (including phenoxy) is 1. The topological polar surface area (TPSA) is 55.7 Å². The summed E-state index contributed by atoms with van der Waals surface area (Å²) in [5, 5.41) is 0. The molecule has 0 aliphatic carbocycles. The zero-order chi connectivity index (χ0) is 8.69. The largest absolute Gasteiger partial charge is 0.430 e. The maximum absolute atomic E-state index is 9.94. The number of nitrogens with zero attached hydrogens (tertiary/aromatic N) is 1. The van der Waals surface area contributed by atoms with Crippen LogP contribution >= 0.6 is 0 Å². The second kappa shape index (κ2) is 5.38. The average molecular weight is 155 g/mol. The van der Waals surface area contributed by atoms with Gasteiger partial charge in [0.2, 0.25) is 6.08 Å². The smallest absolute Gasteiger partial charge is 0.341 e. The first-order valence-electron chi connectivity index (χ1n) is 3.13. The predicted octanol–water partition coefficient (Wildman–Crippen LogP) is 0.789. The summed E-state index contributed by atoms with van der Waals surface area (Å²) >= 11 is 0. The molecule has 0 bridgehead atoms. The normalized spacial score (nSPS) is 12.5. The Morgan fingerprint density at radius 3 is 2.27 bits per heavy atom. The Bertz CT molecular complexity index is 214. The molecule has 1 heterocycles. The molecule has 4 heteroatoms. The summed E-state index contributed by atoms with van der Waals surface area (Å²) in [4.78, 5) is 22.2. The number of carbonyl (C=O) groups is 1. The Labute approximate surface area is 64.6 Å². The molecule has 1 aliphatic rings. The summed E-state index contributed by atoms with van der Waals surface area (Å²) in [5.41, 5.74) is 0.704. The summed E-state index contributed by atoms with van der Waals surface area (Å²) in [6.45, 7) is 4.04. The molecule has 0 unspecified atom stereocenters. The van der Waals surface area contributed by atoms with E-state index in [-0.39, 0.29) is 5.97 Å². The fraction of sp³-hybridized carbons (Fsp3) is 0.429. The van der Waals surface area contributed by atoms with Crippen molar-refractivity contribution in [2.24, 2.45) is 4.99 Å². The number of carbonyl (C=O) groups excluding carboxylic acids is 2. The highest BCUT2D eigenvalue weighted by molar-refractivity contribution is 5.92. The van der Waals surface area contributed by atoms with Crippen LogP contribution in [0.4, 0.5) is 0 Å². The first-order valence-corrected chi connectivity index (χ1v) is 3.13. The van der Waals surface area contributed by atoms with Crippen molar-refractivity contribution in [2.75, 3.05) is 6.54 Å². The highest BCUT2D eigenvalue weighted by Crippen LogP contribution is 2.06. The molecular weight excluding hydrogens is 146 g/mol. The molecule has 0 saturated carbocycles. The lowest BCUT2D eigenvalue weighted by Gasteiger charge is -2.05. The summed E-state index contributed by atoms with van der Waals surface area (Å²) in [7, 11) is 0. The molecule has 0 aromatic carbocycles. The SMILES string of the molecule is CC1=COC1=O.CCN=C=O. The van der Waals surface area contributed by atoms with Crippen molar-refractivity contribution in [3.05, 3.63) is 11.8 Å². The lowest BCUT2D eigenvalue weighted by molar-refractivity contribution is -0.138. The minimum Gasteiger partial charge on any atom is -0.430 e. The summed E-state index contributed by atoms with van der Waals surface area (Å²) < 4.78 is 4.24. The third kappa shape index (κ3) is 4.06. The predicted molar refractivity (Wildman–Crippen MR) is 38.5 cm³/mol. The van der Waals surface area contributed by atoms with E-state index in [9.17, 15) is 4.79 Å². The van der Waals surface area contributed by atoms with Gasteiger partial charge in [0.25, 0.3) is 0 Å². The first kappa shape index (κ1) is 9.59. The number of esters is 1. The van der Waals surface area contributed by atoms with Gasteiger partial charge in [-0.25, -0.2) is 14.6 Å². The Kier molecular flexibility index (Phi) is 4.69. The number of hydrogen-bond donors (Lipinski definition) is 0. The number of cyclic esters (lactones) is 1. The van der Waals surface area contributed by atoms with E-state index in [0.29, 0.717) is 12.1 Å². The van der Waals surface area contributed by atoms with Gasteiger partial charge in [-0.2, -0.15) is 0 Å². The van der Waals surface area contributed by atoms with Crippen LogP contribution in [0.1, 0.15) is 13.8 Å². The lowest BCUT2D eigenvalue weighted by atomic mass is 10.3. The van der Waals surface area contributed by atoms with Gasteiger partial charge in [0.05, 0.1) is 5.57 Å². The van der Waals surface area contributed by atoms with Crippen molar-refractivity contribution in [1.29, 1.82) is 0 Å². The van der Waals surface area contributed by atoms with Gasteiger partial charge < -0.3 is 4.74 Å². The molecule has 0 aromatic rings. The molecule has 11 heavy (non-hydrogen) atoms. The zero-order valence-corrected chi connectivity index (χ0v) is 6.46. The van der Waals surface area contributed by atoms with E-state index in [0.717, 1.165) is 0 Å². The van der Waals surface area contributed by atoms with Crippen molar-refractivity contribution in [3.63, 3.8) is 0 Å². The molecule has 0 spiro atoms. The number of isocyanates is 1. The standard InChI is InChI=1S/C4H4O2.C3H5NO/c1-3-2-6-4(3)5;1-2-4-3-5/h2H,1H3;2H2,1H3. The van der Waals surface area contributed by atoms with Crippen molar-refractivity contribution in [2.45, 2.75) is 13.8 Å². The molecule has 1 rings (SSSR count). The van der Waals surface area contributed by atoms with Crippen LogP contribution < -0.4 is 0 Å². The minimum absolute atomic E-state index is 0.199. The van der Waals surface area contributed by atoms with Crippen molar-refractivity contribution < 1.29 is 14.3 Å². The van der Waals surface area contributed by atoms with Gasteiger partial charge in [-0.05, 0) is 13.8 Å². The molecule has 0 saturated heterocycles. The van der Waals surface area contributed by atoms with E-state index in [1.165, 1.54) is 12.3 Å². The summed E-state index contributed by atoms with van der Waals surface area (Å²) in [6.07, 6.45) is 2.83. The van der Waals surface area contributed by atoms with E-state index >= 15 is 0 Å². The van der Waals surface area contributed by atoms with Crippen molar-refractivity contribution >= 4 is 12.0 Å². The van der Waals surface area contributed by atoms with Crippen molar-refractivity contribution in [1.82, 2.24) is 0 Å². The van der Waals surface area contributed by atoms with Gasteiger partial charge >= 0.3 is 5.97 Å². The fourth-order valence-corrected chi connectivity index (χ4v) is 0.289. The van der Waals surface area contributed by atoms with Crippen LogP contribution in [0.5, 0.6) is 0 Å². The van der Waals surface area contributed by atoms with E-state index in [1.54, 1.807) is 13.8 Å². The summed E-state index contributed by atoms with van der Waals surface area (Å²) in [6, 6.07) is 0. The second-order valence-corrected chi connectivity index (χ2v) is 1.77. The molecule has 0 N–H and O–H groups in total. The van der Waals surface area contributed by atoms with Gasteiger partial charge in [-0.3, -0.25) is 0 Å². The molecule has 0 amide bonds. The van der Waals surface area contributed by atoms with E-state index < -0.39 is 0 Å². The third-order valence-corrected chi connectivity index (χ3v) is 0.887. The van der Waals surface area contributed by atoms with Crippen LogP contribution in [-0.2, 0) is 14.3 Å². The molecule has 0 aromatic heterocycles. The summed E-state index contributed by atoms with van der Waals surface area (Å²) in [5.74, 6) is -0.199. The lowest BCUT2D eigenvalue weighted by Crippen LogP contribution is -2.10.